The number of benzene rings is 2. The maximum absolute atomic E-state index is 13.4. The molecule has 1 aliphatic rings. The Morgan fingerprint density at radius 1 is 0.969 bits per heavy atom. The number of para-hydroxylation sites is 1. The first-order valence-electron chi connectivity index (χ1n) is 10.6. The number of aromatic hydroxyl groups is 1. The van der Waals surface area contributed by atoms with Gasteiger partial charge >= 0.3 is 0 Å². The molecule has 0 radical (unpaired) electrons. The zero-order valence-electron chi connectivity index (χ0n) is 19.7. The van der Waals surface area contributed by atoms with Gasteiger partial charge in [0.05, 0.1) is 5.69 Å². The van der Waals surface area contributed by atoms with E-state index in [0.717, 1.165) is 16.7 Å². The molecule has 2 amide bonds. The van der Waals surface area contributed by atoms with Crippen LogP contribution in [0.25, 0.3) is 6.08 Å². The number of rotatable bonds is 2. The van der Waals surface area contributed by atoms with Crippen LogP contribution in [0.4, 0.5) is 5.69 Å². The quantitative estimate of drug-likeness (QED) is 0.378. The number of thiocarbonyl (C=S) groups is 1. The fourth-order valence-electron chi connectivity index (χ4n) is 3.74. The van der Waals surface area contributed by atoms with Crippen molar-refractivity contribution < 1.29 is 14.7 Å². The van der Waals surface area contributed by atoms with Gasteiger partial charge in [-0.25, -0.2) is 0 Å². The molecule has 0 atom stereocenters. The lowest BCUT2D eigenvalue weighted by Gasteiger charge is -2.30. The topological polar surface area (TPSA) is 69.6 Å². The molecule has 1 saturated heterocycles. The molecule has 3 rings (SSSR count). The zero-order chi connectivity index (χ0) is 24.0. The van der Waals surface area contributed by atoms with Crippen molar-refractivity contribution in [3.63, 3.8) is 0 Å². The largest absolute Gasteiger partial charge is 0.507 e. The second-order valence-electron chi connectivity index (χ2n) is 10.2. The summed E-state index contributed by atoms with van der Waals surface area (Å²) in [6.45, 7) is 14.0. The van der Waals surface area contributed by atoms with Gasteiger partial charge in [0, 0.05) is 11.1 Å². The minimum Gasteiger partial charge on any atom is -0.507 e. The molecule has 0 spiro atoms. The van der Waals surface area contributed by atoms with E-state index in [4.69, 9.17) is 12.2 Å². The third-order valence-corrected chi connectivity index (χ3v) is 5.80. The highest BCUT2D eigenvalue weighted by atomic mass is 32.1. The molecule has 6 heteroatoms. The lowest BCUT2D eigenvalue weighted by atomic mass is 9.78. The Morgan fingerprint density at radius 3 is 2.00 bits per heavy atom. The van der Waals surface area contributed by atoms with Crippen molar-refractivity contribution in [3.8, 4) is 5.75 Å². The number of hydrogen-bond acceptors (Lipinski definition) is 4. The first kappa shape index (κ1) is 23.7. The van der Waals surface area contributed by atoms with Gasteiger partial charge in [0.1, 0.15) is 11.3 Å². The van der Waals surface area contributed by atoms with Crippen LogP contribution in [0.2, 0.25) is 0 Å². The van der Waals surface area contributed by atoms with Gasteiger partial charge in [0.15, 0.2) is 5.11 Å². The van der Waals surface area contributed by atoms with Crippen LogP contribution in [0.5, 0.6) is 5.75 Å². The predicted molar refractivity (Wildman–Crippen MR) is 133 cm³/mol. The van der Waals surface area contributed by atoms with Crippen molar-refractivity contribution in [3.05, 3.63) is 64.2 Å². The summed E-state index contributed by atoms with van der Waals surface area (Å²) in [5, 5.41) is 13.7. The molecule has 168 valence electrons. The van der Waals surface area contributed by atoms with Crippen LogP contribution in [-0.2, 0) is 20.4 Å². The van der Waals surface area contributed by atoms with Crippen molar-refractivity contribution in [2.75, 3.05) is 4.90 Å². The van der Waals surface area contributed by atoms with Crippen molar-refractivity contribution in [2.24, 2.45) is 0 Å². The minimum atomic E-state index is -0.535. The van der Waals surface area contributed by atoms with Gasteiger partial charge < -0.3 is 5.11 Å². The van der Waals surface area contributed by atoms with Crippen LogP contribution in [0.15, 0.2) is 42.0 Å². The Hall–Kier alpha value is -2.99. The summed E-state index contributed by atoms with van der Waals surface area (Å²) in [5.74, 6) is -0.766. The van der Waals surface area contributed by atoms with Crippen molar-refractivity contribution in [1.82, 2.24) is 5.32 Å². The normalized spacial score (nSPS) is 16.5. The van der Waals surface area contributed by atoms with E-state index in [1.54, 1.807) is 12.1 Å². The monoisotopic (exact) mass is 450 g/mol. The van der Waals surface area contributed by atoms with E-state index < -0.39 is 11.8 Å². The summed E-state index contributed by atoms with van der Waals surface area (Å²) in [6.07, 6.45) is 1.58. The number of nitrogens with zero attached hydrogens (tertiary/aromatic N) is 1. The molecule has 0 saturated carbocycles. The molecule has 2 aromatic rings. The van der Waals surface area contributed by atoms with Crippen molar-refractivity contribution >= 4 is 40.9 Å². The molecule has 1 aliphatic heterocycles. The molecular formula is C26H30N2O3S. The summed E-state index contributed by atoms with van der Waals surface area (Å²) in [5.41, 5.74) is 3.02. The van der Waals surface area contributed by atoms with Gasteiger partial charge in [-0.15, -0.1) is 0 Å². The number of hydrogen-bond donors (Lipinski definition) is 2. The van der Waals surface area contributed by atoms with Crippen LogP contribution in [0, 0.1) is 6.92 Å². The van der Waals surface area contributed by atoms with Gasteiger partial charge in [-0.3, -0.25) is 19.8 Å². The molecule has 0 unspecified atom stereocenters. The van der Waals surface area contributed by atoms with Gasteiger partial charge in [0.2, 0.25) is 0 Å². The zero-order valence-corrected chi connectivity index (χ0v) is 20.5. The fraction of sp³-hybridized carbons (Fsp3) is 0.346. The fourth-order valence-corrected chi connectivity index (χ4v) is 4.01. The highest BCUT2D eigenvalue weighted by molar-refractivity contribution is 7.80. The van der Waals surface area contributed by atoms with E-state index in [0.29, 0.717) is 11.3 Å². The minimum absolute atomic E-state index is 0.00717. The van der Waals surface area contributed by atoms with Crippen LogP contribution < -0.4 is 10.2 Å². The van der Waals surface area contributed by atoms with E-state index in [9.17, 15) is 14.7 Å². The lowest BCUT2D eigenvalue weighted by Crippen LogP contribution is -2.54. The highest BCUT2D eigenvalue weighted by Crippen LogP contribution is 2.40. The third-order valence-electron chi connectivity index (χ3n) is 5.52. The Morgan fingerprint density at radius 2 is 1.50 bits per heavy atom. The Balaban J connectivity index is 2.18. The molecule has 5 nitrogen and oxygen atoms in total. The average Bonchev–Trinajstić information content (AvgIpc) is 2.65. The number of carbonyl (C=O) groups excluding carboxylic acids is 2. The molecule has 0 bridgehead atoms. The smallest absolute Gasteiger partial charge is 0.270 e. The third kappa shape index (κ3) is 4.46. The number of aryl methyl sites for hydroxylation is 1. The van der Waals surface area contributed by atoms with Crippen LogP contribution in [0.1, 0.15) is 63.8 Å². The summed E-state index contributed by atoms with van der Waals surface area (Å²) in [4.78, 5) is 27.5. The van der Waals surface area contributed by atoms with Crippen LogP contribution in [0.3, 0.4) is 0 Å². The number of carbonyl (C=O) groups is 2. The number of nitrogens with one attached hydrogen (secondary N) is 1. The van der Waals surface area contributed by atoms with Gasteiger partial charge in [-0.2, -0.15) is 0 Å². The van der Waals surface area contributed by atoms with Crippen molar-refractivity contribution in [2.45, 2.75) is 59.3 Å². The highest BCUT2D eigenvalue weighted by Gasteiger charge is 2.35. The lowest BCUT2D eigenvalue weighted by molar-refractivity contribution is -0.122. The van der Waals surface area contributed by atoms with E-state index in [-0.39, 0.29) is 27.3 Å². The summed E-state index contributed by atoms with van der Waals surface area (Å²) >= 11 is 5.31. The van der Waals surface area contributed by atoms with E-state index in [2.05, 4.69) is 5.32 Å². The second kappa shape index (κ2) is 8.17. The SMILES string of the molecule is Cc1ccccc1N1C(=O)/C(=C/c2cc(C(C)(C)C)c(O)c(C(C)(C)C)c2)C(=O)NC1=S. The number of amides is 2. The van der Waals surface area contributed by atoms with Gasteiger partial charge in [0.25, 0.3) is 11.8 Å². The standard InChI is InChI=1S/C26H30N2O3S/c1-15-10-8-9-11-20(15)28-23(31)17(22(30)27-24(28)32)12-16-13-18(25(2,3)4)21(29)19(14-16)26(5,6)7/h8-14,29H,1-7H3,(H,27,30,32)/b17-12+. The molecule has 2 N–H and O–H groups in total. The summed E-state index contributed by atoms with van der Waals surface area (Å²) in [7, 11) is 0. The van der Waals surface area contributed by atoms with Crippen LogP contribution in [-0.4, -0.2) is 22.0 Å². The Kier molecular flexibility index (Phi) is 6.04. The first-order chi connectivity index (χ1) is 14.7. The Bertz CT molecular complexity index is 1120. The van der Waals surface area contributed by atoms with Gasteiger partial charge in [-0.1, -0.05) is 59.7 Å². The maximum Gasteiger partial charge on any atom is 0.270 e. The summed E-state index contributed by atoms with van der Waals surface area (Å²) in [6, 6.07) is 11.1. The predicted octanol–water partition coefficient (Wildman–Crippen LogP) is 5.13. The molecule has 0 aromatic heterocycles. The van der Waals surface area contributed by atoms with Gasteiger partial charge in [-0.05, 0) is 65.4 Å². The van der Waals surface area contributed by atoms with Crippen LogP contribution >= 0.6 is 12.2 Å². The molecular weight excluding hydrogens is 420 g/mol. The number of phenolic OH excluding ortho intramolecular Hbond substituents is 1. The molecule has 0 aliphatic carbocycles. The maximum atomic E-state index is 13.4. The molecule has 1 heterocycles. The van der Waals surface area contributed by atoms with E-state index in [1.807, 2.05) is 78.8 Å². The first-order valence-corrected chi connectivity index (χ1v) is 11.0. The van der Waals surface area contributed by atoms with E-state index >= 15 is 0 Å². The number of phenols is 1. The molecule has 1 fully saturated rings. The van der Waals surface area contributed by atoms with E-state index in [1.165, 1.54) is 4.90 Å². The average molecular weight is 451 g/mol. The number of anilines is 1. The summed E-state index contributed by atoms with van der Waals surface area (Å²) < 4.78 is 0. The Labute approximate surface area is 195 Å². The second-order valence-corrected chi connectivity index (χ2v) is 10.6. The molecule has 32 heavy (non-hydrogen) atoms. The molecule has 2 aromatic carbocycles. The van der Waals surface area contributed by atoms with Crippen molar-refractivity contribution in [1.29, 1.82) is 0 Å².